The Hall–Kier alpha value is -3.46. The van der Waals surface area contributed by atoms with Crippen molar-refractivity contribution >= 4 is 23.9 Å². The van der Waals surface area contributed by atoms with Gasteiger partial charge in [-0.3, -0.25) is 4.99 Å². The van der Waals surface area contributed by atoms with E-state index in [1.165, 1.54) is 6.08 Å². The van der Waals surface area contributed by atoms with Crippen LogP contribution in [-0.2, 0) is 4.79 Å². The third-order valence-electron chi connectivity index (χ3n) is 3.43. The van der Waals surface area contributed by atoms with E-state index in [-0.39, 0.29) is 0 Å². The normalized spacial score (nSPS) is 11.0. The molecule has 0 unspecified atom stereocenters. The maximum Gasteiger partial charge on any atom is 0.336 e. The Morgan fingerprint density at radius 2 is 1.36 bits per heavy atom. The monoisotopic (exact) mass is 327 g/mol. The molecule has 3 nitrogen and oxygen atoms in total. The fraction of sp³-hybridized carbons (Fsp3) is 0. The first-order valence-corrected chi connectivity index (χ1v) is 7.94. The molecule has 0 aliphatic rings. The molecule has 0 radical (unpaired) electrons. The molecule has 122 valence electrons. The molecule has 0 aliphatic heterocycles. The van der Waals surface area contributed by atoms with Gasteiger partial charge in [0, 0.05) is 12.3 Å². The van der Waals surface area contributed by atoms with Crippen LogP contribution in [0.3, 0.4) is 0 Å². The minimum absolute atomic E-state index is 0.413. The van der Waals surface area contributed by atoms with E-state index in [0.29, 0.717) is 5.75 Å². The van der Waals surface area contributed by atoms with Crippen molar-refractivity contribution in [3.8, 4) is 5.75 Å². The zero-order valence-electron chi connectivity index (χ0n) is 13.6. The molecule has 0 spiro atoms. The lowest BCUT2D eigenvalue weighted by Gasteiger charge is -2.01. The second kappa shape index (κ2) is 8.41. The molecule has 0 heterocycles. The molecule has 0 N–H and O–H groups in total. The van der Waals surface area contributed by atoms with Crippen molar-refractivity contribution in [2.45, 2.75) is 0 Å². The topological polar surface area (TPSA) is 38.7 Å². The van der Waals surface area contributed by atoms with Gasteiger partial charge in [0.25, 0.3) is 0 Å². The highest BCUT2D eigenvalue weighted by molar-refractivity contribution is 5.88. The lowest BCUT2D eigenvalue weighted by Crippen LogP contribution is -2.03. The molecular weight excluding hydrogens is 310 g/mol. The molecular formula is C22H17NO2. The number of ether oxygens (including phenoxy) is 1. The smallest absolute Gasteiger partial charge is 0.336 e. The Balaban J connectivity index is 1.58. The first kappa shape index (κ1) is 16.4. The molecule has 0 aromatic heterocycles. The van der Waals surface area contributed by atoms with Crippen LogP contribution in [0.2, 0.25) is 0 Å². The van der Waals surface area contributed by atoms with Crippen LogP contribution in [0.5, 0.6) is 5.75 Å². The average molecular weight is 327 g/mol. The quantitative estimate of drug-likeness (QED) is 0.284. The first-order valence-electron chi connectivity index (χ1n) is 7.94. The first-order chi connectivity index (χ1) is 12.3. The largest absolute Gasteiger partial charge is 0.423 e. The number of benzene rings is 3. The maximum atomic E-state index is 11.8. The summed E-state index contributed by atoms with van der Waals surface area (Å²) in [5.74, 6) is 0.0748. The summed E-state index contributed by atoms with van der Waals surface area (Å²) in [6, 6.07) is 26.5. The van der Waals surface area contributed by atoms with Crippen molar-refractivity contribution in [2.24, 2.45) is 4.99 Å². The van der Waals surface area contributed by atoms with Crippen LogP contribution in [-0.4, -0.2) is 12.2 Å². The summed E-state index contributed by atoms with van der Waals surface area (Å²) in [6.45, 7) is 0. The van der Waals surface area contributed by atoms with Crippen molar-refractivity contribution in [3.05, 3.63) is 102 Å². The molecule has 0 saturated carbocycles. The number of carbonyl (C=O) groups excluding carboxylic acids is 1. The molecule has 25 heavy (non-hydrogen) atoms. The van der Waals surface area contributed by atoms with Crippen molar-refractivity contribution < 1.29 is 9.53 Å². The Bertz CT molecular complexity index is 867. The highest BCUT2D eigenvalue weighted by Gasteiger charge is 2.00. The van der Waals surface area contributed by atoms with Crippen molar-refractivity contribution in [1.82, 2.24) is 0 Å². The Labute approximate surface area is 146 Å². The summed E-state index contributed by atoms with van der Waals surface area (Å²) in [4.78, 5) is 16.2. The van der Waals surface area contributed by atoms with Gasteiger partial charge in [-0.2, -0.15) is 0 Å². The minimum Gasteiger partial charge on any atom is -0.423 e. The number of carbonyl (C=O) groups is 1. The van der Waals surface area contributed by atoms with Crippen LogP contribution in [0.4, 0.5) is 5.69 Å². The van der Waals surface area contributed by atoms with E-state index in [0.717, 1.165) is 16.8 Å². The van der Waals surface area contributed by atoms with E-state index in [4.69, 9.17) is 4.74 Å². The third kappa shape index (κ3) is 5.29. The van der Waals surface area contributed by atoms with E-state index in [1.807, 2.05) is 72.8 Å². The van der Waals surface area contributed by atoms with Crippen LogP contribution in [0.1, 0.15) is 11.1 Å². The van der Waals surface area contributed by atoms with Crippen LogP contribution in [0, 0.1) is 0 Å². The molecule has 0 saturated heterocycles. The van der Waals surface area contributed by atoms with E-state index in [9.17, 15) is 4.79 Å². The van der Waals surface area contributed by atoms with Gasteiger partial charge in [0.2, 0.25) is 0 Å². The molecule has 3 heteroatoms. The molecule has 3 aromatic carbocycles. The standard InChI is InChI=1S/C22H17NO2/c24-22(16-11-18-7-3-1-4-8-18)25-21-14-12-20(13-15-21)23-17-19-9-5-2-6-10-19/h1-17H/b16-11+,23-17+. The van der Waals surface area contributed by atoms with Crippen LogP contribution >= 0.6 is 0 Å². The van der Waals surface area contributed by atoms with Crippen LogP contribution < -0.4 is 4.74 Å². The average Bonchev–Trinajstić information content (AvgIpc) is 2.67. The fourth-order valence-electron chi connectivity index (χ4n) is 2.17. The van der Waals surface area contributed by atoms with E-state index < -0.39 is 5.97 Å². The SMILES string of the molecule is O=C(/C=C/c1ccccc1)Oc1ccc(/N=C/c2ccccc2)cc1. The van der Waals surface area contributed by atoms with Crippen LogP contribution in [0.15, 0.2) is 96.0 Å². The predicted octanol–water partition coefficient (Wildman–Crippen LogP) is 5.06. The van der Waals surface area contributed by atoms with Gasteiger partial charge >= 0.3 is 5.97 Å². The maximum absolute atomic E-state index is 11.8. The zero-order valence-corrected chi connectivity index (χ0v) is 13.6. The molecule has 0 fully saturated rings. The van der Waals surface area contributed by atoms with Gasteiger partial charge in [-0.15, -0.1) is 0 Å². The van der Waals surface area contributed by atoms with Crippen molar-refractivity contribution in [3.63, 3.8) is 0 Å². The number of aliphatic imine (C=N–C) groups is 1. The van der Waals surface area contributed by atoms with Gasteiger partial charge in [0.15, 0.2) is 0 Å². The highest BCUT2D eigenvalue weighted by atomic mass is 16.5. The summed E-state index contributed by atoms with van der Waals surface area (Å²) in [6.07, 6.45) is 4.93. The highest BCUT2D eigenvalue weighted by Crippen LogP contribution is 2.18. The summed E-state index contributed by atoms with van der Waals surface area (Å²) in [5.41, 5.74) is 2.78. The van der Waals surface area contributed by atoms with Crippen molar-refractivity contribution in [2.75, 3.05) is 0 Å². The van der Waals surface area contributed by atoms with E-state index in [1.54, 1.807) is 24.4 Å². The molecule has 3 rings (SSSR count). The van der Waals surface area contributed by atoms with E-state index in [2.05, 4.69) is 4.99 Å². The zero-order chi connectivity index (χ0) is 17.3. The summed E-state index contributed by atoms with van der Waals surface area (Å²) >= 11 is 0. The number of nitrogens with zero attached hydrogens (tertiary/aromatic N) is 1. The lowest BCUT2D eigenvalue weighted by atomic mass is 10.2. The van der Waals surface area contributed by atoms with Gasteiger partial charge in [0.1, 0.15) is 5.75 Å². The summed E-state index contributed by atoms with van der Waals surface area (Å²) < 4.78 is 5.28. The van der Waals surface area contributed by atoms with Crippen molar-refractivity contribution in [1.29, 1.82) is 0 Å². The third-order valence-corrected chi connectivity index (χ3v) is 3.43. The molecule has 0 bridgehead atoms. The second-order valence-electron chi connectivity index (χ2n) is 5.33. The molecule has 0 atom stereocenters. The van der Waals surface area contributed by atoms with E-state index >= 15 is 0 Å². The summed E-state index contributed by atoms with van der Waals surface area (Å²) in [5, 5.41) is 0. The molecule has 0 amide bonds. The summed E-state index contributed by atoms with van der Waals surface area (Å²) in [7, 11) is 0. The molecule has 0 aliphatic carbocycles. The Kier molecular flexibility index (Phi) is 5.52. The number of rotatable bonds is 5. The number of esters is 1. The minimum atomic E-state index is -0.413. The number of hydrogen-bond acceptors (Lipinski definition) is 3. The number of hydrogen-bond donors (Lipinski definition) is 0. The fourth-order valence-corrected chi connectivity index (χ4v) is 2.17. The van der Waals surface area contributed by atoms with Gasteiger partial charge in [-0.05, 0) is 41.5 Å². The second-order valence-corrected chi connectivity index (χ2v) is 5.33. The van der Waals surface area contributed by atoms with Gasteiger partial charge in [0.05, 0.1) is 5.69 Å². The Morgan fingerprint density at radius 3 is 2.00 bits per heavy atom. The van der Waals surface area contributed by atoms with Gasteiger partial charge in [-0.1, -0.05) is 60.7 Å². The predicted molar refractivity (Wildman–Crippen MR) is 101 cm³/mol. The lowest BCUT2D eigenvalue weighted by molar-refractivity contribution is -0.128. The van der Waals surface area contributed by atoms with Gasteiger partial charge in [-0.25, -0.2) is 4.79 Å². The van der Waals surface area contributed by atoms with Gasteiger partial charge < -0.3 is 4.74 Å². The Morgan fingerprint density at radius 1 is 0.760 bits per heavy atom. The van der Waals surface area contributed by atoms with Crippen LogP contribution in [0.25, 0.3) is 6.08 Å². The molecule has 3 aromatic rings.